The molecule has 53 heavy (non-hydrogen) atoms. The summed E-state index contributed by atoms with van der Waals surface area (Å²) in [5.41, 5.74) is 1.55. The summed E-state index contributed by atoms with van der Waals surface area (Å²) in [7, 11) is 0. The number of aromatic nitrogens is 6. The molecule has 5 aromatic rings. The summed E-state index contributed by atoms with van der Waals surface area (Å²) in [6, 6.07) is 15.6. The molecule has 0 bridgehead atoms. The van der Waals surface area contributed by atoms with Gasteiger partial charge in [0, 0.05) is 41.5 Å². The number of carboxylic acid groups (broad SMARTS) is 1. The van der Waals surface area contributed by atoms with Crippen LogP contribution < -0.4 is 55.7 Å². The van der Waals surface area contributed by atoms with Crippen LogP contribution in [-0.4, -0.2) is 65.7 Å². The van der Waals surface area contributed by atoms with Gasteiger partial charge in [0.2, 0.25) is 12.7 Å². The molecular formula is C37H37N6NaO9. The van der Waals surface area contributed by atoms with Gasteiger partial charge in [-0.3, -0.25) is 14.4 Å². The molecule has 3 aromatic heterocycles. The summed E-state index contributed by atoms with van der Waals surface area (Å²) in [5, 5.41) is 28.4. The molecule has 16 heteroatoms. The Morgan fingerprint density at radius 3 is 2.57 bits per heavy atom. The Labute approximate surface area is 325 Å². The minimum absolute atomic E-state index is 0. The first kappa shape index (κ1) is 40.5. The van der Waals surface area contributed by atoms with Crippen molar-refractivity contribution in [1.82, 2.24) is 29.9 Å². The first-order valence-electron chi connectivity index (χ1n) is 16.4. The summed E-state index contributed by atoms with van der Waals surface area (Å²) in [6.45, 7) is 5.27. The first-order valence-corrected chi connectivity index (χ1v) is 16.4. The number of carboxylic acids is 1. The van der Waals surface area contributed by atoms with E-state index in [1.54, 1.807) is 60.8 Å². The van der Waals surface area contributed by atoms with E-state index in [-0.39, 0.29) is 64.9 Å². The van der Waals surface area contributed by atoms with Gasteiger partial charge in [0.05, 0.1) is 18.3 Å². The number of ether oxygens (including phenoxy) is 2. The van der Waals surface area contributed by atoms with Crippen LogP contribution in [0.3, 0.4) is 0 Å². The molecule has 15 nitrogen and oxygen atoms in total. The number of hydrogen-bond acceptors (Lipinski definition) is 13. The number of carbonyl (C=O) groups is 3. The quantitative estimate of drug-likeness (QED) is 0.0514. The van der Waals surface area contributed by atoms with E-state index in [1.165, 1.54) is 17.2 Å². The van der Waals surface area contributed by atoms with Crippen molar-refractivity contribution in [2.24, 2.45) is 0 Å². The number of benzene rings is 2. The van der Waals surface area contributed by atoms with E-state index in [0.717, 1.165) is 0 Å². The standard InChI is InChI=1S/C37H38N6O9.Na/c1-37(2,3)34-28(38-21-50-34)18-30-36(52-22-51-32(47)14-8-13-26-19-43(42-41-26)20-27(44)17-31(45)46)40-29(35(49)39-30)16-23-9-7-12-25(15-23)33(48)24-10-5-4-6-11-24;/h4-7,9-12,15-16,18-19,21,27,44H,8,13-14,17,20,22H2,1-3H3,(H,39,49)(H,45,46);/q;+1/p-1/b29-16-,30-18-;. The van der Waals surface area contributed by atoms with E-state index in [2.05, 4.69) is 25.3 Å². The summed E-state index contributed by atoms with van der Waals surface area (Å²) >= 11 is 0. The molecular weight excluding hydrogens is 695 g/mol. The van der Waals surface area contributed by atoms with Gasteiger partial charge in [-0.1, -0.05) is 74.5 Å². The van der Waals surface area contributed by atoms with Crippen LogP contribution in [0.25, 0.3) is 12.2 Å². The van der Waals surface area contributed by atoms with Gasteiger partial charge in [0.15, 0.2) is 12.2 Å². The molecule has 3 heterocycles. The summed E-state index contributed by atoms with van der Waals surface area (Å²) in [5.74, 6) is -1.59. The number of ketones is 1. The number of oxazole rings is 1. The fourth-order valence-electron chi connectivity index (χ4n) is 5.16. The van der Waals surface area contributed by atoms with Gasteiger partial charge in [-0.2, -0.15) is 0 Å². The van der Waals surface area contributed by atoms with Crippen LogP contribution in [0.5, 0.6) is 5.88 Å². The normalized spacial score (nSPS) is 12.6. The number of aromatic amines is 1. The maximum atomic E-state index is 13.3. The van der Waals surface area contributed by atoms with E-state index in [9.17, 15) is 29.4 Å². The molecule has 0 saturated carbocycles. The number of nitrogens with one attached hydrogen (secondary N) is 1. The Hall–Kier alpha value is -5.22. The Morgan fingerprint density at radius 1 is 1.08 bits per heavy atom. The van der Waals surface area contributed by atoms with Crippen molar-refractivity contribution in [3.8, 4) is 5.88 Å². The largest absolute Gasteiger partial charge is 1.00 e. The van der Waals surface area contributed by atoms with Gasteiger partial charge in [-0.25, -0.2) is 14.6 Å². The average molecular weight is 733 g/mol. The number of H-pyrrole nitrogens is 1. The predicted molar refractivity (Wildman–Crippen MR) is 183 cm³/mol. The molecule has 0 aliphatic heterocycles. The SMILES string of the molecule is CC(C)(C)c1ocnc1/C=c1\[nH]c(=O)/c(=C/c2cccc(C(=O)c3ccccc3)c2)nc1OCOC(=O)CCCc1cn(CC(O)CC(=O)[O-])nn1.[Na+]. The number of hydrogen-bond donors (Lipinski definition) is 2. The molecule has 2 aromatic carbocycles. The van der Waals surface area contributed by atoms with Crippen LogP contribution in [0.4, 0.5) is 0 Å². The number of nitrogens with zero attached hydrogens (tertiary/aromatic N) is 5. The van der Waals surface area contributed by atoms with Crippen LogP contribution in [0.2, 0.25) is 0 Å². The van der Waals surface area contributed by atoms with E-state index < -0.39 is 42.2 Å². The smallest absolute Gasteiger partial charge is 0.550 e. The van der Waals surface area contributed by atoms with E-state index in [0.29, 0.717) is 46.7 Å². The first-order chi connectivity index (χ1) is 24.9. The Morgan fingerprint density at radius 2 is 1.83 bits per heavy atom. The van der Waals surface area contributed by atoms with Crippen molar-refractivity contribution in [3.63, 3.8) is 0 Å². The fourth-order valence-corrected chi connectivity index (χ4v) is 5.16. The fraction of sp³-hybridized carbons (Fsp3) is 0.297. The molecule has 2 N–H and O–H groups in total. The zero-order valence-corrected chi connectivity index (χ0v) is 31.8. The molecule has 0 spiro atoms. The van der Waals surface area contributed by atoms with Gasteiger partial charge >= 0.3 is 35.5 Å². The predicted octanol–water partition coefficient (Wildman–Crippen LogP) is -2.06. The van der Waals surface area contributed by atoms with E-state index in [4.69, 9.17) is 13.9 Å². The number of carbonyl (C=O) groups excluding carboxylic acids is 3. The molecule has 1 unspecified atom stereocenters. The molecule has 0 radical (unpaired) electrons. The third-order valence-electron chi connectivity index (χ3n) is 7.59. The van der Waals surface area contributed by atoms with Gasteiger partial charge in [0.25, 0.3) is 5.56 Å². The van der Waals surface area contributed by atoms with Gasteiger partial charge in [-0.05, 0) is 36.6 Å². The summed E-state index contributed by atoms with van der Waals surface area (Å²) < 4.78 is 18.0. The van der Waals surface area contributed by atoms with Crippen molar-refractivity contribution in [2.75, 3.05) is 6.79 Å². The third kappa shape index (κ3) is 11.6. The Bertz CT molecular complexity index is 2220. The molecule has 270 valence electrons. The van der Waals surface area contributed by atoms with E-state index >= 15 is 0 Å². The minimum Gasteiger partial charge on any atom is -0.550 e. The maximum Gasteiger partial charge on any atom is 1.00 e. The molecule has 5 rings (SSSR count). The topological polar surface area (TPSA) is 215 Å². The zero-order chi connectivity index (χ0) is 37.3. The Balaban J connectivity index is 0.00000627. The second-order valence-electron chi connectivity index (χ2n) is 12.9. The van der Waals surface area contributed by atoms with Crippen LogP contribution in [-0.2, 0) is 32.7 Å². The number of aliphatic hydroxyl groups excluding tert-OH is 1. The monoisotopic (exact) mass is 732 g/mol. The van der Waals surface area contributed by atoms with E-state index in [1.807, 2.05) is 26.8 Å². The van der Waals surface area contributed by atoms with Crippen molar-refractivity contribution >= 4 is 29.9 Å². The van der Waals surface area contributed by atoms with Crippen LogP contribution >= 0.6 is 0 Å². The van der Waals surface area contributed by atoms with Gasteiger partial charge < -0.3 is 33.9 Å². The number of esters is 1. The van der Waals surface area contributed by atoms with Crippen LogP contribution in [0, 0.1) is 0 Å². The summed E-state index contributed by atoms with van der Waals surface area (Å²) in [4.78, 5) is 61.0. The van der Waals surface area contributed by atoms with Gasteiger partial charge in [-0.15, -0.1) is 5.10 Å². The van der Waals surface area contributed by atoms with Crippen LogP contribution in [0.15, 0.2) is 76.4 Å². The van der Waals surface area contributed by atoms with Crippen molar-refractivity contribution < 1.29 is 68.0 Å². The summed E-state index contributed by atoms with van der Waals surface area (Å²) in [6.07, 6.45) is 4.99. The second kappa shape index (κ2) is 18.5. The van der Waals surface area contributed by atoms with Gasteiger partial charge in [0.1, 0.15) is 22.2 Å². The van der Waals surface area contributed by atoms with Crippen molar-refractivity contribution in [3.05, 3.63) is 122 Å². The zero-order valence-electron chi connectivity index (χ0n) is 29.8. The number of aryl methyl sites for hydroxylation is 1. The minimum atomic E-state index is -1.37. The second-order valence-corrected chi connectivity index (χ2v) is 12.9. The molecule has 0 aliphatic carbocycles. The number of aliphatic hydroxyl groups is 1. The number of rotatable bonds is 15. The molecule has 0 fully saturated rings. The molecule has 0 aliphatic rings. The average Bonchev–Trinajstić information content (AvgIpc) is 3.76. The molecule has 0 saturated heterocycles. The van der Waals surface area contributed by atoms with Crippen LogP contribution in [0.1, 0.15) is 78.7 Å². The van der Waals surface area contributed by atoms with Crippen molar-refractivity contribution in [2.45, 2.75) is 64.5 Å². The number of aliphatic carboxylic acids is 1. The Kier molecular flexibility index (Phi) is 14.2. The molecule has 0 amide bonds. The molecule has 1 atom stereocenters. The maximum absolute atomic E-state index is 13.3. The third-order valence-corrected chi connectivity index (χ3v) is 7.59. The van der Waals surface area contributed by atoms with Crippen molar-refractivity contribution in [1.29, 1.82) is 0 Å².